The van der Waals surface area contributed by atoms with Crippen LogP contribution in [0.3, 0.4) is 0 Å². The van der Waals surface area contributed by atoms with Gasteiger partial charge in [0.05, 0.1) is 35.8 Å². The van der Waals surface area contributed by atoms with E-state index in [-0.39, 0.29) is 10.6 Å². The molecule has 0 saturated carbocycles. The molecular formula is C14H10Cl2F2N6. The third-order valence-electron chi connectivity index (χ3n) is 3.07. The first-order chi connectivity index (χ1) is 11.5. The van der Waals surface area contributed by atoms with Crippen molar-refractivity contribution in [3.05, 3.63) is 58.1 Å². The highest BCUT2D eigenvalue weighted by Crippen LogP contribution is 2.28. The van der Waals surface area contributed by atoms with Gasteiger partial charge in [-0.05, 0) is 18.2 Å². The van der Waals surface area contributed by atoms with Crippen LogP contribution in [0.5, 0.6) is 0 Å². The Balaban J connectivity index is 1.73. The van der Waals surface area contributed by atoms with Crippen LogP contribution in [0.15, 0.2) is 36.8 Å². The van der Waals surface area contributed by atoms with Gasteiger partial charge in [-0.25, -0.2) is 23.4 Å². The van der Waals surface area contributed by atoms with Crippen LogP contribution in [0.25, 0.3) is 5.69 Å². The van der Waals surface area contributed by atoms with E-state index in [9.17, 15) is 8.78 Å². The molecule has 2 heterocycles. The van der Waals surface area contributed by atoms with Crippen molar-refractivity contribution in [1.82, 2.24) is 25.0 Å². The van der Waals surface area contributed by atoms with Crippen molar-refractivity contribution in [1.29, 1.82) is 0 Å². The van der Waals surface area contributed by atoms with E-state index in [0.717, 1.165) is 0 Å². The Morgan fingerprint density at radius 2 is 1.92 bits per heavy atom. The van der Waals surface area contributed by atoms with Gasteiger partial charge in [0.25, 0.3) is 6.43 Å². The highest BCUT2D eigenvalue weighted by Gasteiger charge is 2.14. The molecule has 0 aliphatic rings. The number of benzene rings is 1. The van der Waals surface area contributed by atoms with Gasteiger partial charge in [0.2, 0.25) is 5.95 Å². The molecule has 0 atom stereocenters. The Kier molecular flexibility index (Phi) is 4.86. The Hall–Kier alpha value is -2.32. The monoisotopic (exact) mass is 370 g/mol. The lowest BCUT2D eigenvalue weighted by molar-refractivity contribution is 0.151. The average molecular weight is 371 g/mol. The van der Waals surface area contributed by atoms with E-state index in [4.69, 9.17) is 23.2 Å². The summed E-state index contributed by atoms with van der Waals surface area (Å²) in [7, 11) is 0. The molecule has 2 aromatic heterocycles. The molecular weight excluding hydrogens is 361 g/mol. The predicted molar refractivity (Wildman–Crippen MR) is 85.7 cm³/mol. The van der Waals surface area contributed by atoms with Crippen molar-refractivity contribution in [3.63, 3.8) is 0 Å². The van der Waals surface area contributed by atoms with Crippen molar-refractivity contribution >= 4 is 29.2 Å². The number of aromatic nitrogens is 5. The van der Waals surface area contributed by atoms with Crippen molar-refractivity contribution in [3.8, 4) is 5.69 Å². The number of nitrogens with one attached hydrogen (secondary N) is 1. The van der Waals surface area contributed by atoms with E-state index in [1.165, 1.54) is 29.2 Å². The molecule has 0 bridgehead atoms. The van der Waals surface area contributed by atoms with Gasteiger partial charge in [0.1, 0.15) is 5.69 Å². The summed E-state index contributed by atoms with van der Waals surface area (Å²) >= 11 is 11.5. The fraction of sp³-hybridized carbons (Fsp3) is 0.143. The maximum Gasteiger partial charge on any atom is 0.265 e. The quantitative estimate of drug-likeness (QED) is 0.737. The summed E-state index contributed by atoms with van der Waals surface area (Å²) in [5, 5.41) is 11.3. The molecule has 3 rings (SSSR count). The van der Waals surface area contributed by atoms with Gasteiger partial charge in [-0.2, -0.15) is 0 Å². The minimum Gasteiger partial charge on any atom is -0.348 e. The maximum atomic E-state index is 12.9. The standard InChI is InChI=1S/C14H10Cl2F2N6/c15-8-4-19-14(20-5-8)21-6-9-7-24(23-22-9)10-1-2-12(16)11(3-10)13(17)18/h1-5,7,13H,6H2,(H,19,20,21). The average Bonchev–Trinajstić information content (AvgIpc) is 3.03. The second kappa shape index (κ2) is 7.06. The van der Waals surface area contributed by atoms with Crippen LogP contribution in [-0.2, 0) is 6.54 Å². The van der Waals surface area contributed by atoms with E-state index >= 15 is 0 Å². The Labute approximate surface area is 145 Å². The topological polar surface area (TPSA) is 68.5 Å². The summed E-state index contributed by atoms with van der Waals surface area (Å²) in [6.07, 6.45) is 1.88. The number of rotatable bonds is 5. The number of hydrogen-bond donors (Lipinski definition) is 1. The van der Waals surface area contributed by atoms with Crippen LogP contribution < -0.4 is 5.32 Å². The molecule has 0 aliphatic carbocycles. The summed E-state index contributed by atoms with van der Waals surface area (Å²) in [4.78, 5) is 7.98. The van der Waals surface area contributed by atoms with Crippen molar-refractivity contribution in [2.45, 2.75) is 13.0 Å². The fourth-order valence-electron chi connectivity index (χ4n) is 1.92. The number of hydrogen-bond acceptors (Lipinski definition) is 5. The molecule has 0 saturated heterocycles. The smallest absolute Gasteiger partial charge is 0.265 e. The lowest BCUT2D eigenvalue weighted by Crippen LogP contribution is -2.03. The summed E-state index contributed by atoms with van der Waals surface area (Å²) in [5.41, 5.74) is 0.775. The van der Waals surface area contributed by atoms with E-state index in [2.05, 4.69) is 25.6 Å². The van der Waals surface area contributed by atoms with E-state index < -0.39 is 6.43 Å². The Bertz CT molecular complexity index is 838. The zero-order valence-electron chi connectivity index (χ0n) is 12.0. The SMILES string of the molecule is FC(F)c1cc(-n2cc(CNc3ncc(Cl)cn3)nn2)ccc1Cl. The molecule has 1 aromatic carbocycles. The van der Waals surface area contributed by atoms with Crippen LogP contribution in [0.1, 0.15) is 17.7 Å². The van der Waals surface area contributed by atoms with Crippen LogP contribution >= 0.6 is 23.2 Å². The third-order valence-corrected chi connectivity index (χ3v) is 3.61. The zero-order valence-corrected chi connectivity index (χ0v) is 13.5. The minimum atomic E-state index is -2.66. The molecule has 0 fully saturated rings. The normalized spacial score (nSPS) is 11.0. The lowest BCUT2D eigenvalue weighted by atomic mass is 10.2. The van der Waals surface area contributed by atoms with E-state index in [0.29, 0.717) is 28.9 Å². The van der Waals surface area contributed by atoms with Gasteiger partial charge >= 0.3 is 0 Å². The van der Waals surface area contributed by atoms with Gasteiger partial charge in [-0.3, -0.25) is 0 Å². The molecule has 6 nitrogen and oxygen atoms in total. The minimum absolute atomic E-state index is 0.00985. The second-order valence-electron chi connectivity index (χ2n) is 4.74. The zero-order chi connectivity index (χ0) is 17.1. The lowest BCUT2D eigenvalue weighted by Gasteiger charge is -2.06. The number of nitrogens with zero attached hydrogens (tertiary/aromatic N) is 5. The molecule has 24 heavy (non-hydrogen) atoms. The maximum absolute atomic E-state index is 12.9. The first-order valence-corrected chi connectivity index (χ1v) is 7.49. The molecule has 1 N–H and O–H groups in total. The van der Waals surface area contributed by atoms with Crippen LogP contribution in [0.4, 0.5) is 14.7 Å². The van der Waals surface area contributed by atoms with Crippen LogP contribution in [0.2, 0.25) is 10.0 Å². The molecule has 0 radical (unpaired) electrons. The summed E-state index contributed by atoms with van der Waals surface area (Å²) in [6.45, 7) is 0.316. The molecule has 0 aliphatic heterocycles. The highest BCUT2D eigenvalue weighted by molar-refractivity contribution is 6.31. The Morgan fingerprint density at radius 1 is 1.17 bits per heavy atom. The first kappa shape index (κ1) is 16.5. The predicted octanol–water partition coefficient (Wildman–Crippen LogP) is 3.91. The number of halogens is 4. The fourth-order valence-corrected chi connectivity index (χ4v) is 2.22. The largest absolute Gasteiger partial charge is 0.348 e. The highest BCUT2D eigenvalue weighted by atomic mass is 35.5. The molecule has 3 aromatic rings. The van der Waals surface area contributed by atoms with Gasteiger partial charge in [-0.15, -0.1) is 5.10 Å². The van der Waals surface area contributed by atoms with Gasteiger partial charge in [-0.1, -0.05) is 28.4 Å². The first-order valence-electron chi connectivity index (χ1n) is 6.73. The second-order valence-corrected chi connectivity index (χ2v) is 5.58. The number of alkyl halides is 2. The van der Waals surface area contributed by atoms with Crippen molar-refractivity contribution in [2.75, 3.05) is 5.32 Å². The van der Waals surface area contributed by atoms with Crippen LogP contribution in [-0.4, -0.2) is 25.0 Å². The molecule has 0 amide bonds. The summed E-state index contributed by atoms with van der Waals surface area (Å²) in [5.74, 6) is 0.389. The van der Waals surface area contributed by atoms with Gasteiger partial charge in [0.15, 0.2) is 0 Å². The molecule has 0 spiro atoms. The third kappa shape index (κ3) is 3.77. The van der Waals surface area contributed by atoms with Crippen molar-refractivity contribution in [2.24, 2.45) is 0 Å². The van der Waals surface area contributed by atoms with Crippen molar-refractivity contribution < 1.29 is 8.78 Å². The summed E-state index contributed by atoms with van der Waals surface area (Å²) < 4.78 is 27.2. The summed E-state index contributed by atoms with van der Waals surface area (Å²) in [6, 6.07) is 4.27. The Morgan fingerprint density at radius 3 is 2.62 bits per heavy atom. The van der Waals surface area contributed by atoms with Crippen LogP contribution in [0, 0.1) is 0 Å². The number of anilines is 1. The molecule has 124 valence electrons. The van der Waals surface area contributed by atoms with Gasteiger partial charge in [0, 0.05) is 10.6 Å². The van der Waals surface area contributed by atoms with E-state index in [1.54, 1.807) is 12.3 Å². The van der Waals surface area contributed by atoms with Gasteiger partial charge < -0.3 is 5.32 Å². The molecule has 10 heteroatoms. The molecule has 0 unspecified atom stereocenters. The van der Waals surface area contributed by atoms with E-state index in [1.807, 2.05) is 0 Å².